The first-order valence-electron chi connectivity index (χ1n) is 9.73. The van der Waals surface area contributed by atoms with Crippen LogP contribution < -0.4 is 20.0 Å². The molecular weight excluding hydrogens is 420 g/mol. The fourth-order valence-electron chi connectivity index (χ4n) is 3.50. The van der Waals surface area contributed by atoms with Crippen LogP contribution in [0.25, 0.3) is 11.0 Å². The Morgan fingerprint density at radius 2 is 1.71 bits per heavy atom. The van der Waals surface area contributed by atoms with Gasteiger partial charge in [-0.3, -0.25) is 18.2 Å². The number of sulfonamides is 1. The second kappa shape index (κ2) is 8.46. The van der Waals surface area contributed by atoms with Crippen LogP contribution in [0.4, 0.5) is 11.4 Å². The highest BCUT2D eigenvalue weighted by Crippen LogP contribution is 2.25. The van der Waals surface area contributed by atoms with Crippen molar-refractivity contribution in [1.82, 2.24) is 9.13 Å². The van der Waals surface area contributed by atoms with E-state index in [0.717, 1.165) is 16.1 Å². The van der Waals surface area contributed by atoms with Crippen LogP contribution in [-0.4, -0.2) is 42.4 Å². The van der Waals surface area contributed by atoms with Crippen molar-refractivity contribution >= 4 is 38.3 Å². The van der Waals surface area contributed by atoms with E-state index in [9.17, 15) is 18.0 Å². The summed E-state index contributed by atoms with van der Waals surface area (Å²) in [7, 11) is -0.419. The second-order valence-electron chi connectivity index (χ2n) is 7.26. The summed E-state index contributed by atoms with van der Waals surface area (Å²) < 4.78 is 34.4. The number of carbonyl (C=O) groups is 1. The molecule has 1 heterocycles. The van der Waals surface area contributed by atoms with Crippen molar-refractivity contribution < 1.29 is 17.9 Å². The first kappa shape index (κ1) is 22.4. The summed E-state index contributed by atoms with van der Waals surface area (Å²) in [5.74, 6) is 0.109. The average Bonchev–Trinajstić information content (AvgIpc) is 2.92. The topological polar surface area (TPSA) is 103 Å². The van der Waals surface area contributed by atoms with Gasteiger partial charge in [-0.05, 0) is 56.3 Å². The van der Waals surface area contributed by atoms with E-state index in [2.05, 4.69) is 5.32 Å². The van der Waals surface area contributed by atoms with Crippen LogP contribution in [0.1, 0.15) is 13.8 Å². The predicted molar refractivity (Wildman–Crippen MR) is 121 cm³/mol. The lowest BCUT2D eigenvalue weighted by Crippen LogP contribution is -2.45. The van der Waals surface area contributed by atoms with Gasteiger partial charge in [0, 0.05) is 19.8 Å². The number of anilines is 2. The number of aryl methyl sites for hydroxylation is 2. The molecule has 1 N–H and O–H groups in total. The lowest BCUT2D eigenvalue weighted by Gasteiger charge is -2.28. The van der Waals surface area contributed by atoms with Crippen LogP contribution in [0.15, 0.2) is 47.3 Å². The molecule has 0 saturated heterocycles. The maximum absolute atomic E-state index is 12.9. The Morgan fingerprint density at radius 3 is 2.29 bits per heavy atom. The van der Waals surface area contributed by atoms with Crippen molar-refractivity contribution in [3.05, 3.63) is 52.9 Å². The summed E-state index contributed by atoms with van der Waals surface area (Å²) in [6, 6.07) is 10.6. The Hall–Kier alpha value is -3.27. The summed E-state index contributed by atoms with van der Waals surface area (Å²) in [5, 5.41) is 2.75. The second-order valence-corrected chi connectivity index (χ2v) is 9.11. The standard InChI is InChI=1S/C21H26N4O5S/c1-6-30-17-10-8-16(9-11-17)25(31(5,28)29)14(2)20(26)22-15-7-12-18-19(13-15)24(4)21(27)23(18)3/h7-14H,6H2,1-5H3,(H,22,26)/t14-/m1/s1. The summed E-state index contributed by atoms with van der Waals surface area (Å²) in [4.78, 5) is 25.0. The molecule has 0 fully saturated rings. The molecule has 1 amide bonds. The molecule has 0 radical (unpaired) electrons. The quantitative estimate of drug-likeness (QED) is 0.599. The molecule has 2 aromatic carbocycles. The lowest BCUT2D eigenvalue weighted by atomic mass is 10.2. The van der Waals surface area contributed by atoms with E-state index in [1.165, 1.54) is 16.1 Å². The molecule has 0 unspecified atom stereocenters. The van der Waals surface area contributed by atoms with Gasteiger partial charge in [0.15, 0.2) is 0 Å². The lowest BCUT2D eigenvalue weighted by molar-refractivity contribution is -0.116. The van der Waals surface area contributed by atoms with Crippen molar-refractivity contribution in [3.8, 4) is 5.75 Å². The number of fused-ring (bicyclic) bond motifs is 1. The highest BCUT2D eigenvalue weighted by atomic mass is 32.2. The van der Waals surface area contributed by atoms with E-state index >= 15 is 0 Å². The van der Waals surface area contributed by atoms with E-state index in [-0.39, 0.29) is 5.69 Å². The summed E-state index contributed by atoms with van der Waals surface area (Å²) in [6.07, 6.45) is 1.05. The zero-order valence-corrected chi connectivity index (χ0v) is 18.9. The van der Waals surface area contributed by atoms with Gasteiger partial charge in [-0.2, -0.15) is 0 Å². The van der Waals surface area contributed by atoms with E-state index in [1.54, 1.807) is 56.6 Å². The van der Waals surface area contributed by atoms with E-state index < -0.39 is 22.0 Å². The fourth-order valence-corrected chi connectivity index (χ4v) is 4.67. The molecule has 0 aliphatic rings. The molecule has 0 bridgehead atoms. The van der Waals surface area contributed by atoms with Gasteiger partial charge >= 0.3 is 5.69 Å². The predicted octanol–water partition coefficient (Wildman–Crippen LogP) is 2.07. The minimum absolute atomic E-state index is 0.175. The third-order valence-corrected chi connectivity index (χ3v) is 6.27. The highest BCUT2D eigenvalue weighted by molar-refractivity contribution is 7.92. The normalized spacial score (nSPS) is 12.5. The molecule has 3 rings (SSSR count). The Labute approximate surface area is 180 Å². The van der Waals surface area contributed by atoms with E-state index in [0.29, 0.717) is 29.2 Å². The third kappa shape index (κ3) is 4.43. The molecule has 0 saturated carbocycles. The van der Waals surface area contributed by atoms with Gasteiger partial charge in [0.05, 0.1) is 29.6 Å². The zero-order valence-electron chi connectivity index (χ0n) is 18.1. The molecule has 1 atom stereocenters. The molecule has 0 aliphatic carbocycles. The van der Waals surface area contributed by atoms with Crippen molar-refractivity contribution in [2.75, 3.05) is 22.5 Å². The maximum atomic E-state index is 12.9. The Morgan fingerprint density at radius 1 is 1.10 bits per heavy atom. The maximum Gasteiger partial charge on any atom is 0.328 e. The van der Waals surface area contributed by atoms with E-state index in [4.69, 9.17) is 4.74 Å². The monoisotopic (exact) mass is 446 g/mol. The number of ether oxygens (including phenoxy) is 1. The number of hydrogen-bond acceptors (Lipinski definition) is 5. The highest BCUT2D eigenvalue weighted by Gasteiger charge is 2.29. The van der Waals surface area contributed by atoms with E-state index in [1.807, 2.05) is 6.92 Å². The number of carbonyl (C=O) groups excluding carboxylic acids is 1. The number of rotatable bonds is 7. The van der Waals surface area contributed by atoms with Gasteiger partial charge in [0.1, 0.15) is 11.8 Å². The molecule has 1 aromatic heterocycles. The fraction of sp³-hybridized carbons (Fsp3) is 0.333. The number of imidazole rings is 1. The summed E-state index contributed by atoms with van der Waals surface area (Å²) in [5.41, 5.74) is 2.03. The number of aromatic nitrogens is 2. The van der Waals surface area contributed by atoms with Crippen LogP contribution in [0, 0.1) is 0 Å². The van der Waals surface area contributed by atoms with Gasteiger partial charge < -0.3 is 10.1 Å². The van der Waals surface area contributed by atoms with Crippen molar-refractivity contribution in [1.29, 1.82) is 0 Å². The zero-order chi connectivity index (χ0) is 22.9. The Balaban J connectivity index is 1.89. The van der Waals surface area contributed by atoms with Crippen LogP contribution >= 0.6 is 0 Å². The SMILES string of the molecule is CCOc1ccc(N([C@H](C)C(=O)Nc2ccc3c(c2)n(C)c(=O)n3C)S(C)(=O)=O)cc1. The Bertz CT molecular complexity index is 1280. The van der Waals surface area contributed by atoms with Gasteiger partial charge in [-0.15, -0.1) is 0 Å². The molecule has 0 aliphatic heterocycles. The first-order valence-corrected chi connectivity index (χ1v) is 11.6. The minimum Gasteiger partial charge on any atom is -0.494 e. The molecule has 0 spiro atoms. The molecular formula is C21H26N4O5S. The van der Waals surface area contributed by atoms with Crippen molar-refractivity contribution in [3.63, 3.8) is 0 Å². The minimum atomic E-state index is -3.74. The van der Waals surface area contributed by atoms with Crippen LogP contribution in [0.2, 0.25) is 0 Å². The van der Waals surface area contributed by atoms with Crippen LogP contribution in [-0.2, 0) is 28.9 Å². The van der Waals surface area contributed by atoms with Gasteiger partial charge in [-0.1, -0.05) is 0 Å². The third-order valence-electron chi connectivity index (χ3n) is 5.03. The first-order chi connectivity index (χ1) is 14.5. The van der Waals surface area contributed by atoms with Gasteiger partial charge in [0.2, 0.25) is 15.9 Å². The number of benzene rings is 2. The number of nitrogens with one attached hydrogen (secondary N) is 1. The Kier molecular flexibility index (Phi) is 6.12. The molecule has 166 valence electrons. The van der Waals surface area contributed by atoms with Crippen molar-refractivity contribution in [2.24, 2.45) is 14.1 Å². The molecule has 9 nitrogen and oxygen atoms in total. The summed E-state index contributed by atoms with van der Waals surface area (Å²) >= 11 is 0. The number of nitrogens with zero attached hydrogens (tertiary/aromatic N) is 3. The molecule has 31 heavy (non-hydrogen) atoms. The largest absolute Gasteiger partial charge is 0.494 e. The molecule has 10 heteroatoms. The molecule has 3 aromatic rings. The van der Waals surface area contributed by atoms with Crippen molar-refractivity contribution in [2.45, 2.75) is 19.9 Å². The average molecular weight is 447 g/mol. The van der Waals surface area contributed by atoms with Gasteiger partial charge in [-0.25, -0.2) is 13.2 Å². The van der Waals surface area contributed by atoms with Gasteiger partial charge in [0.25, 0.3) is 0 Å². The van der Waals surface area contributed by atoms with Crippen LogP contribution in [0.3, 0.4) is 0 Å². The number of amides is 1. The summed E-state index contributed by atoms with van der Waals surface area (Å²) in [6.45, 7) is 3.86. The van der Waals surface area contributed by atoms with Crippen LogP contribution in [0.5, 0.6) is 5.75 Å². The number of hydrogen-bond donors (Lipinski definition) is 1. The smallest absolute Gasteiger partial charge is 0.328 e.